The number of rotatable bonds is 3. The van der Waals surface area contributed by atoms with Crippen LogP contribution in [0.2, 0.25) is 0 Å². The van der Waals surface area contributed by atoms with Crippen LogP contribution in [0.1, 0.15) is 10.4 Å². The lowest BCUT2D eigenvalue weighted by atomic mass is 10.1. The van der Waals surface area contributed by atoms with Crippen molar-refractivity contribution in [3.8, 4) is 0 Å². The summed E-state index contributed by atoms with van der Waals surface area (Å²) in [7, 11) is 1.74. The molecule has 1 heterocycles. The summed E-state index contributed by atoms with van der Waals surface area (Å²) >= 11 is 0. The average Bonchev–Trinajstić information content (AvgIpc) is 2.64. The van der Waals surface area contributed by atoms with Gasteiger partial charge in [-0.2, -0.15) is 0 Å². The Morgan fingerprint density at radius 3 is 3.21 bits per heavy atom. The molecule has 4 heteroatoms. The molecule has 0 unspecified atom stereocenters. The molecule has 0 saturated carbocycles. The van der Waals surface area contributed by atoms with Gasteiger partial charge in [-0.05, 0) is 19.2 Å². The first-order chi connectivity index (χ1) is 6.81. The number of hydrogen-bond donors (Lipinski definition) is 1. The van der Waals surface area contributed by atoms with Gasteiger partial charge in [0.2, 0.25) is 0 Å². The van der Waals surface area contributed by atoms with E-state index < -0.39 is 0 Å². The molecule has 0 aliphatic carbocycles. The Morgan fingerprint density at radius 2 is 2.43 bits per heavy atom. The number of nitrogens with zero attached hydrogens (tertiary/aromatic N) is 1. The van der Waals surface area contributed by atoms with E-state index in [4.69, 9.17) is 4.52 Å². The Morgan fingerprint density at radius 1 is 1.57 bits per heavy atom. The Balaban J connectivity index is 2.38. The monoisotopic (exact) mass is 190 g/mol. The predicted octanol–water partition coefficient (Wildman–Crippen LogP) is 1.23. The van der Waals surface area contributed by atoms with Crippen molar-refractivity contribution in [1.82, 2.24) is 10.5 Å². The maximum Gasteiger partial charge on any atom is 0.176 e. The highest BCUT2D eigenvalue weighted by atomic mass is 16.5. The molecular weight excluding hydrogens is 180 g/mol. The molecule has 4 nitrogen and oxygen atoms in total. The van der Waals surface area contributed by atoms with Crippen LogP contribution in [0.15, 0.2) is 29.0 Å². The second-order valence-corrected chi connectivity index (χ2v) is 3.04. The molecule has 0 saturated heterocycles. The van der Waals surface area contributed by atoms with Gasteiger partial charge in [-0.3, -0.25) is 4.79 Å². The van der Waals surface area contributed by atoms with Crippen molar-refractivity contribution in [2.75, 3.05) is 13.6 Å². The first-order valence-corrected chi connectivity index (χ1v) is 4.33. The normalized spacial score (nSPS) is 10.6. The van der Waals surface area contributed by atoms with Gasteiger partial charge in [0.05, 0.1) is 6.54 Å². The molecule has 1 aromatic carbocycles. The molecule has 0 bridgehead atoms. The quantitative estimate of drug-likeness (QED) is 0.739. The standard InChI is InChI=1S/C10H10N2O2/c1-11-5-10(13)7-2-3-8-6-14-12-9(8)4-7/h2-4,6,11H,5H2,1H3. The van der Waals surface area contributed by atoms with E-state index in [1.165, 1.54) is 0 Å². The van der Waals surface area contributed by atoms with Gasteiger partial charge in [-0.25, -0.2) is 0 Å². The van der Waals surface area contributed by atoms with Crippen molar-refractivity contribution in [3.63, 3.8) is 0 Å². The molecule has 14 heavy (non-hydrogen) atoms. The van der Waals surface area contributed by atoms with Crippen LogP contribution in [0.25, 0.3) is 10.9 Å². The van der Waals surface area contributed by atoms with Crippen LogP contribution in [-0.2, 0) is 0 Å². The number of ketones is 1. The Labute approximate surface area is 80.9 Å². The zero-order valence-electron chi connectivity index (χ0n) is 7.78. The van der Waals surface area contributed by atoms with Crippen LogP contribution < -0.4 is 5.32 Å². The Kier molecular flexibility index (Phi) is 2.28. The minimum Gasteiger partial charge on any atom is -0.364 e. The molecule has 1 aromatic heterocycles. The average molecular weight is 190 g/mol. The number of hydrogen-bond acceptors (Lipinski definition) is 4. The van der Waals surface area contributed by atoms with Crippen molar-refractivity contribution in [1.29, 1.82) is 0 Å². The third kappa shape index (κ3) is 1.52. The van der Waals surface area contributed by atoms with E-state index in [9.17, 15) is 4.79 Å². The number of benzene rings is 1. The van der Waals surface area contributed by atoms with Crippen molar-refractivity contribution >= 4 is 16.7 Å². The molecule has 1 N–H and O–H groups in total. The maximum absolute atomic E-state index is 11.5. The summed E-state index contributed by atoms with van der Waals surface area (Å²) in [5.41, 5.74) is 1.37. The lowest BCUT2D eigenvalue weighted by Crippen LogP contribution is -2.18. The molecule has 0 spiro atoms. The highest BCUT2D eigenvalue weighted by Crippen LogP contribution is 2.14. The number of carbonyl (C=O) groups is 1. The smallest absolute Gasteiger partial charge is 0.176 e. The fraction of sp³-hybridized carbons (Fsp3) is 0.200. The number of carbonyl (C=O) groups excluding carboxylic acids is 1. The summed E-state index contributed by atoms with van der Waals surface area (Å²) in [6, 6.07) is 5.34. The molecule has 0 fully saturated rings. The highest BCUT2D eigenvalue weighted by Gasteiger charge is 2.06. The summed E-state index contributed by atoms with van der Waals surface area (Å²) in [6.07, 6.45) is 1.56. The van der Waals surface area contributed by atoms with Crippen molar-refractivity contribution < 1.29 is 9.32 Å². The lowest BCUT2D eigenvalue weighted by molar-refractivity contribution is 0.0993. The highest BCUT2D eigenvalue weighted by molar-refractivity contribution is 6.00. The fourth-order valence-electron chi connectivity index (χ4n) is 1.30. The van der Waals surface area contributed by atoms with Gasteiger partial charge < -0.3 is 9.84 Å². The van der Waals surface area contributed by atoms with E-state index in [1.807, 2.05) is 6.07 Å². The van der Waals surface area contributed by atoms with Crippen LogP contribution in [0.4, 0.5) is 0 Å². The number of nitrogens with one attached hydrogen (secondary N) is 1. The van der Waals surface area contributed by atoms with E-state index in [1.54, 1.807) is 25.4 Å². The van der Waals surface area contributed by atoms with E-state index in [-0.39, 0.29) is 5.78 Å². The Hall–Kier alpha value is -1.68. The van der Waals surface area contributed by atoms with Gasteiger partial charge in [-0.1, -0.05) is 11.2 Å². The molecule has 72 valence electrons. The molecule has 0 radical (unpaired) electrons. The number of Topliss-reactive ketones (excluding diaryl/α,β-unsaturated/α-hetero) is 1. The summed E-state index contributed by atoms with van der Waals surface area (Å²) in [5.74, 6) is 0.0531. The number of fused-ring (bicyclic) bond motifs is 1. The first kappa shape index (κ1) is 8.90. The Bertz CT molecular complexity index is 462. The van der Waals surface area contributed by atoms with Gasteiger partial charge in [0, 0.05) is 10.9 Å². The third-order valence-corrected chi connectivity index (χ3v) is 2.02. The van der Waals surface area contributed by atoms with Crippen molar-refractivity contribution in [2.24, 2.45) is 0 Å². The second-order valence-electron chi connectivity index (χ2n) is 3.04. The van der Waals surface area contributed by atoms with Gasteiger partial charge >= 0.3 is 0 Å². The van der Waals surface area contributed by atoms with Gasteiger partial charge in [0.1, 0.15) is 11.8 Å². The van der Waals surface area contributed by atoms with Crippen LogP contribution >= 0.6 is 0 Å². The third-order valence-electron chi connectivity index (χ3n) is 2.02. The van der Waals surface area contributed by atoms with Crippen LogP contribution in [0.3, 0.4) is 0 Å². The predicted molar refractivity (Wildman–Crippen MR) is 52.3 cm³/mol. The van der Waals surface area contributed by atoms with Gasteiger partial charge in [0.15, 0.2) is 5.78 Å². The summed E-state index contributed by atoms with van der Waals surface area (Å²) in [4.78, 5) is 11.5. The van der Waals surface area contributed by atoms with Gasteiger partial charge in [0.25, 0.3) is 0 Å². The minimum atomic E-state index is 0.0531. The lowest BCUT2D eigenvalue weighted by Gasteiger charge is -1.98. The SMILES string of the molecule is CNCC(=O)c1ccc2conc2c1. The summed E-state index contributed by atoms with van der Waals surface area (Å²) in [5, 5.41) is 7.50. The topological polar surface area (TPSA) is 55.1 Å². The minimum absolute atomic E-state index is 0.0531. The summed E-state index contributed by atoms with van der Waals surface area (Å²) in [6.45, 7) is 0.337. The number of aromatic nitrogens is 1. The largest absolute Gasteiger partial charge is 0.364 e. The number of likely N-dealkylation sites (N-methyl/N-ethyl adjacent to an activating group) is 1. The van der Waals surface area contributed by atoms with Crippen LogP contribution in [-0.4, -0.2) is 24.5 Å². The molecule has 0 atom stereocenters. The van der Waals surface area contributed by atoms with Crippen molar-refractivity contribution in [2.45, 2.75) is 0 Å². The second kappa shape index (κ2) is 3.59. The maximum atomic E-state index is 11.5. The molecule has 0 aliphatic rings. The molecular formula is C10H10N2O2. The zero-order valence-corrected chi connectivity index (χ0v) is 7.78. The fourth-order valence-corrected chi connectivity index (χ4v) is 1.30. The zero-order chi connectivity index (χ0) is 9.97. The van der Waals surface area contributed by atoms with E-state index >= 15 is 0 Å². The first-order valence-electron chi connectivity index (χ1n) is 4.33. The molecule has 2 aromatic rings. The molecule has 0 amide bonds. The molecule has 0 aliphatic heterocycles. The van der Waals surface area contributed by atoms with Crippen LogP contribution in [0, 0.1) is 0 Å². The van der Waals surface area contributed by atoms with Crippen LogP contribution in [0.5, 0.6) is 0 Å². The van der Waals surface area contributed by atoms with E-state index in [0.717, 1.165) is 5.39 Å². The van der Waals surface area contributed by atoms with E-state index in [0.29, 0.717) is 17.6 Å². The molecule has 2 rings (SSSR count). The van der Waals surface area contributed by atoms with Crippen molar-refractivity contribution in [3.05, 3.63) is 30.0 Å². The summed E-state index contributed by atoms with van der Waals surface area (Å²) < 4.78 is 4.78. The van der Waals surface area contributed by atoms with E-state index in [2.05, 4.69) is 10.5 Å². The van der Waals surface area contributed by atoms with Gasteiger partial charge in [-0.15, -0.1) is 0 Å².